The van der Waals surface area contributed by atoms with Crippen molar-refractivity contribution in [3.8, 4) is 11.4 Å². The fourth-order valence-corrected chi connectivity index (χ4v) is 3.92. The van der Waals surface area contributed by atoms with Crippen molar-refractivity contribution >= 4 is 51.0 Å². The average Bonchev–Trinajstić information content (AvgIpc) is 2.90. The summed E-state index contributed by atoms with van der Waals surface area (Å²) < 4.78 is 2.04. The van der Waals surface area contributed by atoms with Gasteiger partial charge >= 0.3 is 0 Å². The van der Waals surface area contributed by atoms with Crippen LogP contribution >= 0.6 is 23.2 Å². The van der Waals surface area contributed by atoms with E-state index in [-0.39, 0.29) is 5.91 Å². The molecule has 26 heavy (non-hydrogen) atoms. The molecule has 5 nitrogen and oxygen atoms in total. The van der Waals surface area contributed by atoms with Gasteiger partial charge in [-0.3, -0.25) is 9.78 Å². The second-order valence-corrected chi connectivity index (χ2v) is 7.01. The number of halogens is 2. The number of hydrogen-bond acceptors (Lipinski definition) is 3. The highest BCUT2D eigenvalue weighted by Gasteiger charge is 2.24. The minimum atomic E-state index is -0.0882. The first-order valence-electron chi connectivity index (χ1n) is 8.15. The van der Waals surface area contributed by atoms with Crippen molar-refractivity contribution in [1.29, 1.82) is 0 Å². The number of nitrogens with zero attached hydrogens (tertiary/aromatic N) is 3. The summed E-state index contributed by atoms with van der Waals surface area (Å²) in [5.74, 6) is 0.615. The van der Waals surface area contributed by atoms with Gasteiger partial charge in [-0.1, -0.05) is 35.3 Å². The van der Waals surface area contributed by atoms with E-state index < -0.39 is 0 Å². The number of fused-ring (bicyclic) bond motifs is 1. The van der Waals surface area contributed by atoms with Crippen molar-refractivity contribution in [3.63, 3.8) is 0 Å². The molecular weight excluding hydrogens is 371 g/mol. The Morgan fingerprint density at radius 2 is 2.04 bits per heavy atom. The normalized spacial score (nSPS) is 13.8. The maximum absolute atomic E-state index is 12.3. The topological polar surface area (TPSA) is 59.8 Å². The third kappa shape index (κ3) is 2.21. The molecule has 128 valence electrons. The van der Waals surface area contributed by atoms with E-state index >= 15 is 0 Å². The highest BCUT2D eigenvalue weighted by Crippen LogP contribution is 2.37. The Balaban J connectivity index is 1.90. The van der Waals surface area contributed by atoms with E-state index in [4.69, 9.17) is 28.2 Å². The Bertz CT molecular complexity index is 1220. The molecule has 0 radical (unpaired) electrons. The predicted molar refractivity (Wildman–Crippen MR) is 103 cm³/mol. The minimum Gasteiger partial charge on any atom is -0.350 e. The Morgan fingerprint density at radius 3 is 2.92 bits per heavy atom. The SMILES string of the molecule is O=C1NCCn2c(-c3c(Cl)ccc4cc(Cl)cnc34)nc3cccc1c32. The van der Waals surface area contributed by atoms with Crippen LogP contribution in [-0.4, -0.2) is 27.0 Å². The largest absolute Gasteiger partial charge is 0.350 e. The molecule has 1 N–H and O–H groups in total. The zero-order valence-electron chi connectivity index (χ0n) is 13.5. The molecule has 3 heterocycles. The summed E-state index contributed by atoms with van der Waals surface area (Å²) in [6.45, 7) is 1.13. The summed E-state index contributed by atoms with van der Waals surface area (Å²) in [7, 11) is 0. The van der Waals surface area contributed by atoms with Crippen LogP contribution in [0.1, 0.15) is 10.4 Å². The Kier molecular flexibility index (Phi) is 3.42. The molecule has 0 aliphatic carbocycles. The molecule has 1 aliphatic rings. The molecule has 0 spiro atoms. The third-order valence-corrected chi connectivity index (χ3v) is 5.15. The maximum Gasteiger partial charge on any atom is 0.253 e. The van der Waals surface area contributed by atoms with Crippen molar-refractivity contribution in [2.24, 2.45) is 0 Å². The molecule has 2 aromatic carbocycles. The predicted octanol–water partition coefficient (Wildman–Crippen LogP) is 4.30. The zero-order chi connectivity index (χ0) is 17.8. The van der Waals surface area contributed by atoms with Gasteiger partial charge in [0, 0.05) is 24.7 Å². The van der Waals surface area contributed by atoms with Gasteiger partial charge in [0.05, 0.1) is 37.7 Å². The van der Waals surface area contributed by atoms with E-state index in [0.29, 0.717) is 34.5 Å². The van der Waals surface area contributed by atoms with Gasteiger partial charge < -0.3 is 9.88 Å². The summed E-state index contributed by atoms with van der Waals surface area (Å²) in [5, 5.41) is 4.93. The van der Waals surface area contributed by atoms with Crippen LogP contribution in [0.2, 0.25) is 10.0 Å². The number of imidazole rings is 1. The first-order valence-corrected chi connectivity index (χ1v) is 8.90. The maximum atomic E-state index is 12.3. The second-order valence-electron chi connectivity index (χ2n) is 6.16. The standard InChI is InChI=1S/C19H12Cl2N4O/c20-11-8-10-4-5-13(21)15(16(10)23-9-11)18-24-14-3-1-2-12-17(14)25(18)7-6-22-19(12)26/h1-5,8-9H,6-7H2,(H,22,26). The van der Waals surface area contributed by atoms with Gasteiger partial charge in [0.2, 0.25) is 0 Å². The highest BCUT2D eigenvalue weighted by molar-refractivity contribution is 6.35. The highest BCUT2D eigenvalue weighted by atomic mass is 35.5. The van der Waals surface area contributed by atoms with E-state index in [0.717, 1.165) is 27.5 Å². The van der Waals surface area contributed by atoms with E-state index in [1.807, 2.05) is 41.0 Å². The third-order valence-electron chi connectivity index (χ3n) is 4.62. The smallest absolute Gasteiger partial charge is 0.253 e. The lowest BCUT2D eigenvalue weighted by molar-refractivity contribution is 0.0956. The molecule has 0 saturated heterocycles. The van der Waals surface area contributed by atoms with Gasteiger partial charge in [-0.2, -0.15) is 0 Å². The molecule has 7 heteroatoms. The van der Waals surface area contributed by atoms with Crippen LogP contribution in [-0.2, 0) is 6.54 Å². The lowest BCUT2D eigenvalue weighted by Crippen LogP contribution is -2.24. The van der Waals surface area contributed by atoms with Crippen LogP contribution in [0.4, 0.5) is 0 Å². The first-order chi connectivity index (χ1) is 12.6. The van der Waals surface area contributed by atoms with Crippen molar-refractivity contribution in [2.75, 3.05) is 6.54 Å². The summed E-state index contributed by atoms with van der Waals surface area (Å²) in [6.07, 6.45) is 1.60. The van der Waals surface area contributed by atoms with Crippen LogP contribution in [0.5, 0.6) is 0 Å². The number of hydrogen-bond donors (Lipinski definition) is 1. The number of carbonyl (C=O) groups excluding carboxylic acids is 1. The Hall–Kier alpha value is -2.63. The molecule has 0 bridgehead atoms. The number of amides is 1. The molecule has 2 aromatic heterocycles. The van der Waals surface area contributed by atoms with Crippen LogP contribution < -0.4 is 5.32 Å². The molecule has 0 atom stereocenters. The van der Waals surface area contributed by atoms with Crippen molar-refractivity contribution < 1.29 is 4.79 Å². The molecule has 0 unspecified atom stereocenters. The summed E-state index contributed by atoms with van der Waals surface area (Å²) >= 11 is 12.6. The van der Waals surface area contributed by atoms with E-state index in [1.165, 1.54) is 0 Å². The average molecular weight is 383 g/mol. The van der Waals surface area contributed by atoms with Crippen LogP contribution in [0.15, 0.2) is 42.6 Å². The zero-order valence-corrected chi connectivity index (χ0v) is 15.0. The lowest BCUT2D eigenvalue weighted by atomic mass is 10.1. The summed E-state index contributed by atoms with van der Waals surface area (Å²) in [5.41, 5.74) is 3.68. The number of benzene rings is 2. The van der Waals surface area contributed by atoms with Crippen molar-refractivity contribution in [2.45, 2.75) is 6.54 Å². The van der Waals surface area contributed by atoms with Gasteiger partial charge in [-0.05, 0) is 24.3 Å². The van der Waals surface area contributed by atoms with E-state index in [1.54, 1.807) is 6.20 Å². The molecule has 5 rings (SSSR count). The molecule has 0 saturated carbocycles. The fraction of sp³-hybridized carbons (Fsp3) is 0.105. The van der Waals surface area contributed by atoms with Gasteiger partial charge in [0.15, 0.2) is 0 Å². The summed E-state index contributed by atoms with van der Waals surface area (Å²) in [6, 6.07) is 11.1. The molecule has 1 aliphatic heterocycles. The minimum absolute atomic E-state index is 0.0882. The van der Waals surface area contributed by atoms with Crippen molar-refractivity contribution in [3.05, 3.63) is 58.2 Å². The van der Waals surface area contributed by atoms with E-state index in [9.17, 15) is 4.79 Å². The van der Waals surface area contributed by atoms with E-state index in [2.05, 4.69) is 10.3 Å². The molecule has 0 fully saturated rings. The Morgan fingerprint density at radius 1 is 1.15 bits per heavy atom. The number of pyridine rings is 1. The number of para-hydroxylation sites is 1. The Labute approximate surface area is 158 Å². The van der Waals surface area contributed by atoms with Gasteiger partial charge in [0.25, 0.3) is 5.91 Å². The van der Waals surface area contributed by atoms with Gasteiger partial charge in [-0.15, -0.1) is 0 Å². The van der Waals surface area contributed by atoms with Crippen LogP contribution in [0.3, 0.4) is 0 Å². The summed E-state index contributed by atoms with van der Waals surface area (Å²) in [4.78, 5) is 21.6. The van der Waals surface area contributed by atoms with Crippen LogP contribution in [0.25, 0.3) is 33.3 Å². The van der Waals surface area contributed by atoms with Gasteiger partial charge in [-0.25, -0.2) is 4.98 Å². The number of nitrogens with one attached hydrogen (secondary N) is 1. The van der Waals surface area contributed by atoms with Gasteiger partial charge in [0.1, 0.15) is 5.82 Å². The number of aromatic nitrogens is 3. The molecular formula is C19H12Cl2N4O. The van der Waals surface area contributed by atoms with Crippen molar-refractivity contribution in [1.82, 2.24) is 19.9 Å². The first kappa shape index (κ1) is 15.6. The monoisotopic (exact) mass is 382 g/mol. The second kappa shape index (κ2) is 5.69. The number of carbonyl (C=O) groups is 1. The van der Waals surface area contributed by atoms with Crippen LogP contribution in [0, 0.1) is 0 Å². The lowest BCUT2D eigenvalue weighted by Gasteiger charge is -2.11. The number of rotatable bonds is 1. The fourth-order valence-electron chi connectivity index (χ4n) is 3.52. The molecule has 1 amide bonds. The quantitative estimate of drug-likeness (QED) is 0.533. The molecule has 4 aromatic rings.